The van der Waals surface area contributed by atoms with E-state index in [1.165, 1.54) is 12.1 Å². The van der Waals surface area contributed by atoms with E-state index in [-0.39, 0.29) is 5.82 Å². The van der Waals surface area contributed by atoms with E-state index < -0.39 is 37.6 Å². The molecule has 12 nitrogen and oxygen atoms in total. The summed E-state index contributed by atoms with van der Waals surface area (Å²) in [7, 11) is 0. The molecule has 0 aliphatic rings. The van der Waals surface area contributed by atoms with Crippen molar-refractivity contribution < 1.29 is 24.3 Å². The number of aromatic hydroxyl groups is 1. The Morgan fingerprint density at radius 1 is 0.875 bits per heavy atom. The number of pyridine rings is 1. The van der Waals surface area contributed by atoms with Crippen LogP contribution in [0, 0.1) is 36.2 Å². The summed E-state index contributed by atoms with van der Waals surface area (Å²) in [6.45, 7) is 0. The monoisotopic (exact) mass is 441 g/mol. The standard InChI is InChI=1S/C13H9FN2.C6H3N3O7/c14-11-6-4-10(5-7-11)12-9-16-8-2-1-3-13(16)15-12;10-6-4(8(13)14)1-3(7(11)12)2-5(6)9(15)16/h1-9H;1-2,10H. The maximum Gasteiger partial charge on any atom is 0.324 e. The molecule has 32 heavy (non-hydrogen) atoms. The van der Waals surface area contributed by atoms with Crippen LogP contribution in [0.1, 0.15) is 0 Å². The number of hydrogen-bond donors (Lipinski definition) is 1. The van der Waals surface area contributed by atoms with Gasteiger partial charge in [-0.2, -0.15) is 0 Å². The third kappa shape index (κ3) is 4.62. The third-order valence-electron chi connectivity index (χ3n) is 4.16. The van der Waals surface area contributed by atoms with Crippen LogP contribution in [0.3, 0.4) is 0 Å². The number of fused-ring (bicyclic) bond motifs is 1. The van der Waals surface area contributed by atoms with Crippen LogP contribution < -0.4 is 0 Å². The molecule has 13 heteroatoms. The molecule has 4 aromatic rings. The Bertz CT molecular complexity index is 1270. The van der Waals surface area contributed by atoms with E-state index in [4.69, 9.17) is 5.11 Å². The lowest BCUT2D eigenvalue weighted by atomic mass is 10.2. The first-order valence-electron chi connectivity index (χ1n) is 8.67. The van der Waals surface area contributed by atoms with E-state index in [1.807, 2.05) is 35.0 Å². The predicted octanol–water partition coefficient (Wildman–Crippen LogP) is 4.26. The number of hydrogen-bond acceptors (Lipinski definition) is 8. The van der Waals surface area contributed by atoms with Crippen molar-refractivity contribution in [2.45, 2.75) is 0 Å². The van der Waals surface area contributed by atoms with Crippen LogP contribution in [0.5, 0.6) is 5.75 Å². The first-order valence-corrected chi connectivity index (χ1v) is 8.67. The van der Waals surface area contributed by atoms with Crippen molar-refractivity contribution in [1.29, 1.82) is 0 Å². The van der Waals surface area contributed by atoms with Gasteiger partial charge in [0, 0.05) is 18.0 Å². The summed E-state index contributed by atoms with van der Waals surface area (Å²) in [5.41, 5.74) is -0.337. The number of aromatic nitrogens is 2. The van der Waals surface area contributed by atoms with E-state index in [0.29, 0.717) is 12.1 Å². The third-order valence-corrected chi connectivity index (χ3v) is 4.16. The van der Waals surface area contributed by atoms with Crippen molar-refractivity contribution in [2.24, 2.45) is 0 Å². The Balaban J connectivity index is 0.000000181. The van der Waals surface area contributed by atoms with Gasteiger partial charge in [-0.15, -0.1) is 0 Å². The fourth-order valence-electron chi connectivity index (χ4n) is 2.67. The lowest BCUT2D eigenvalue weighted by molar-refractivity contribution is -0.404. The molecule has 0 atom stereocenters. The minimum atomic E-state index is -1.21. The highest BCUT2D eigenvalue weighted by atomic mass is 19.1. The zero-order valence-electron chi connectivity index (χ0n) is 15.9. The number of phenolic OH excluding ortho intramolecular Hbond substituents is 1. The Morgan fingerprint density at radius 3 is 1.97 bits per heavy atom. The number of nitro benzene ring substituents is 3. The van der Waals surface area contributed by atoms with Gasteiger partial charge < -0.3 is 9.51 Å². The number of imidazole rings is 1. The molecular weight excluding hydrogens is 429 g/mol. The van der Waals surface area contributed by atoms with E-state index in [0.717, 1.165) is 16.9 Å². The van der Waals surface area contributed by atoms with Crippen LogP contribution >= 0.6 is 0 Å². The quantitative estimate of drug-likeness (QED) is 0.362. The molecule has 2 heterocycles. The van der Waals surface area contributed by atoms with Gasteiger partial charge in [-0.1, -0.05) is 6.07 Å². The first kappa shape index (κ1) is 21.8. The summed E-state index contributed by atoms with van der Waals surface area (Å²) in [5.74, 6) is -1.44. The molecule has 0 radical (unpaired) electrons. The molecule has 162 valence electrons. The second-order valence-electron chi connectivity index (χ2n) is 6.20. The predicted molar refractivity (Wildman–Crippen MR) is 109 cm³/mol. The van der Waals surface area contributed by atoms with Crippen molar-refractivity contribution >= 4 is 22.7 Å². The molecule has 0 aliphatic heterocycles. The van der Waals surface area contributed by atoms with E-state index in [9.17, 15) is 34.7 Å². The van der Waals surface area contributed by atoms with Gasteiger partial charge >= 0.3 is 11.4 Å². The van der Waals surface area contributed by atoms with Gasteiger partial charge in [-0.3, -0.25) is 30.3 Å². The van der Waals surface area contributed by atoms with Crippen LogP contribution in [0.25, 0.3) is 16.9 Å². The molecule has 0 amide bonds. The van der Waals surface area contributed by atoms with Gasteiger partial charge in [0.1, 0.15) is 11.5 Å². The van der Waals surface area contributed by atoms with Gasteiger partial charge in [-0.05, 0) is 36.4 Å². The molecular formula is C19H12FN5O7. The number of phenols is 1. The summed E-state index contributed by atoms with van der Waals surface area (Å²) in [6, 6.07) is 13.1. The molecule has 0 aliphatic carbocycles. The average molecular weight is 441 g/mol. The molecule has 0 saturated heterocycles. The van der Waals surface area contributed by atoms with Crippen molar-refractivity contribution in [1.82, 2.24) is 9.38 Å². The minimum absolute atomic E-state index is 0.229. The fraction of sp³-hybridized carbons (Fsp3) is 0. The molecule has 0 unspecified atom stereocenters. The lowest BCUT2D eigenvalue weighted by Gasteiger charge is -1.97. The zero-order valence-corrected chi connectivity index (χ0v) is 15.9. The van der Waals surface area contributed by atoms with E-state index >= 15 is 0 Å². The Kier molecular flexibility index (Phi) is 6.00. The summed E-state index contributed by atoms with van der Waals surface area (Å²) in [4.78, 5) is 32.2. The second-order valence-corrected chi connectivity index (χ2v) is 6.20. The minimum Gasteiger partial charge on any atom is -0.497 e. The van der Waals surface area contributed by atoms with Crippen molar-refractivity contribution in [3.05, 3.63) is 103 Å². The zero-order chi connectivity index (χ0) is 23.4. The van der Waals surface area contributed by atoms with Gasteiger partial charge in [0.2, 0.25) is 0 Å². The topological polar surface area (TPSA) is 167 Å². The number of rotatable bonds is 4. The van der Waals surface area contributed by atoms with Crippen LogP contribution in [0.4, 0.5) is 21.5 Å². The van der Waals surface area contributed by atoms with Gasteiger partial charge in [0.05, 0.1) is 32.6 Å². The van der Waals surface area contributed by atoms with Crippen LogP contribution in [-0.2, 0) is 0 Å². The largest absolute Gasteiger partial charge is 0.497 e. The molecule has 2 aromatic heterocycles. The number of benzene rings is 2. The fourth-order valence-corrected chi connectivity index (χ4v) is 2.67. The molecule has 1 N–H and O–H groups in total. The number of halogens is 1. The average Bonchev–Trinajstić information content (AvgIpc) is 3.18. The van der Waals surface area contributed by atoms with Crippen LogP contribution in [0.2, 0.25) is 0 Å². The van der Waals surface area contributed by atoms with E-state index in [1.54, 1.807) is 12.1 Å². The van der Waals surface area contributed by atoms with Crippen molar-refractivity contribution in [3.8, 4) is 17.0 Å². The highest BCUT2D eigenvalue weighted by molar-refractivity contribution is 5.65. The van der Waals surface area contributed by atoms with Gasteiger partial charge in [0.15, 0.2) is 0 Å². The molecule has 2 aromatic carbocycles. The van der Waals surface area contributed by atoms with E-state index in [2.05, 4.69) is 4.98 Å². The van der Waals surface area contributed by atoms with Crippen LogP contribution in [-0.4, -0.2) is 29.3 Å². The second kappa shape index (κ2) is 8.83. The Morgan fingerprint density at radius 2 is 1.47 bits per heavy atom. The summed E-state index contributed by atoms with van der Waals surface area (Å²) in [5, 5.41) is 40.2. The van der Waals surface area contributed by atoms with Gasteiger partial charge in [0.25, 0.3) is 11.4 Å². The molecule has 0 saturated carbocycles. The summed E-state index contributed by atoms with van der Waals surface area (Å²) in [6.07, 6.45) is 3.87. The molecule has 0 spiro atoms. The first-order chi connectivity index (χ1) is 15.2. The van der Waals surface area contributed by atoms with Crippen LogP contribution in [0.15, 0.2) is 67.0 Å². The SMILES string of the molecule is Fc1ccc(-c2cn3ccccc3n2)cc1.O=[N+]([O-])c1cc([N+](=O)[O-])c(O)c([N+](=O)[O-])c1. The van der Waals surface area contributed by atoms with Crippen molar-refractivity contribution in [2.75, 3.05) is 0 Å². The molecule has 0 bridgehead atoms. The number of nitro groups is 3. The van der Waals surface area contributed by atoms with Gasteiger partial charge in [-0.25, -0.2) is 9.37 Å². The number of non-ortho nitro benzene ring substituents is 1. The van der Waals surface area contributed by atoms with Crippen molar-refractivity contribution in [3.63, 3.8) is 0 Å². The highest BCUT2D eigenvalue weighted by Gasteiger charge is 2.30. The maximum atomic E-state index is 12.8. The number of nitrogens with zero attached hydrogens (tertiary/aromatic N) is 5. The smallest absolute Gasteiger partial charge is 0.324 e. The highest BCUT2D eigenvalue weighted by Crippen LogP contribution is 2.38. The Hall–Kier alpha value is -4.94. The lowest BCUT2D eigenvalue weighted by Crippen LogP contribution is -1.97. The molecule has 0 fully saturated rings. The summed E-state index contributed by atoms with van der Waals surface area (Å²) >= 11 is 0. The maximum absolute atomic E-state index is 12.8. The summed E-state index contributed by atoms with van der Waals surface area (Å²) < 4.78 is 14.7. The normalized spacial score (nSPS) is 10.3. The Labute approximate surface area is 177 Å². The molecule has 4 rings (SSSR count).